The topological polar surface area (TPSA) is 69.9 Å². The highest BCUT2D eigenvalue weighted by atomic mass is 31.1. The van der Waals surface area contributed by atoms with E-state index in [1.165, 1.54) is 5.56 Å². The number of hydrogen-bond donors (Lipinski definition) is 1. The first-order chi connectivity index (χ1) is 17.1. The summed E-state index contributed by atoms with van der Waals surface area (Å²) in [5.74, 6) is 2.06. The lowest BCUT2D eigenvalue weighted by molar-refractivity contribution is 0.409. The average Bonchev–Trinajstić information content (AvgIpc) is 3.18. The maximum atomic E-state index is 11.1. The minimum absolute atomic E-state index is 0.427. The molecule has 0 bridgehead atoms. The summed E-state index contributed by atoms with van der Waals surface area (Å²) < 4.78 is 29.4. The van der Waals surface area contributed by atoms with Crippen LogP contribution in [0, 0.1) is 0 Å². The quantitative estimate of drug-likeness (QED) is 0.254. The van der Waals surface area contributed by atoms with Gasteiger partial charge >= 0.3 is 8.25 Å². The summed E-state index contributed by atoms with van der Waals surface area (Å²) in [6.45, 7) is 0.712. The molecule has 1 unspecified atom stereocenters. The molecule has 0 amide bonds. The number of para-hydroxylation sites is 1. The van der Waals surface area contributed by atoms with Crippen LogP contribution in [0.15, 0.2) is 84.9 Å². The van der Waals surface area contributed by atoms with Crippen LogP contribution in [-0.2, 0) is 17.5 Å². The number of nitrogens with zero attached hydrogens (tertiary/aromatic N) is 1. The summed E-state index contributed by atoms with van der Waals surface area (Å²) >= 11 is 0. The van der Waals surface area contributed by atoms with E-state index in [2.05, 4.69) is 53.1 Å². The van der Waals surface area contributed by atoms with Gasteiger partial charge in [0.05, 0.1) is 14.2 Å². The lowest BCUT2D eigenvalue weighted by Crippen LogP contribution is -2.00. The van der Waals surface area contributed by atoms with Crippen LogP contribution in [0.1, 0.15) is 16.7 Å². The molecule has 176 valence electrons. The van der Waals surface area contributed by atoms with Gasteiger partial charge in [0.25, 0.3) is 0 Å². The van der Waals surface area contributed by atoms with Crippen LogP contribution in [0.2, 0.25) is 0 Å². The number of aromatic nitrogens is 1. The van der Waals surface area contributed by atoms with Gasteiger partial charge in [-0.1, -0.05) is 42.5 Å². The Labute approximate surface area is 204 Å². The molecular formula is C28H25NO5P+. The highest BCUT2D eigenvalue weighted by Crippen LogP contribution is 2.35. The van der Waals surface area contributed by atoms with Gasteiger partial charge in [-0.05, 0) is 53.6 Å². The van der Waals surface area contributed by atoms with Crippen molar-refractivity contribution >= 4 is 30.1 Å². The maximum Gasteiger partial charge on any atom is 0.747 e. The molecule has 0 fully saturated rings. The predicted molar refractivity (Wildman–Crippen MR) is 138 cm³/mol. The van der Waals surface area contributed by atoms with Crippen LogP contribution in [-0.4, -0.2) is 23.7 Å². The maximum absolute atomic E-state index is 11.1. The fourth-order valence-electron chi connectivity index (χ4n) is 4.47. The molecule has 0 aliphatic heterocycles. The van der Waals surface area contributed by atoms with Crippen LogP contribution >= 0.6 is 8.25 Å². The van der Waals surface area contributed by atoms with Crippen molar-refractivity contribution in [2.45, 2.75) is 13.0 Å². The fraction of sp³-hybridized carbons (Fsp3) is 0.143. The van der Waals surface area contributed by atoms with Gasteiger partial charge < -0.3 is 14.0 Å². The second kappa shape index (κ2) is 9.79. The molecule has 35 heavy (non-hydrogen) atoms. The summed E-state index contributed by atoms with van der Waals surface area (Å²) in [7, 11) is 0.654. The van der Waals surface area contributed by atoms with E-state index >= 15 is 0 Å². The first kappa shape index (κ1) is 22.9. The molecule has 1 heterocycles. The zero-order chi connectivity index (χ0) is 24.4. The van der Waals surface area contributed by atoms with E-state index in [9.17, 15) is 4.57 Å². The Bertz CT molecular complexity index is 1460. The smallest absolute Gasteiger partial charge is 0.497 e. The van der Waals surface area contributed by atoms with E-state index in [1.54, 1.807) is 26.4 Å². The second-order valence-corrected chi connectivity index (χ2v) is 8.94. The van der Waals surface area contributed by atoms with Gasteiger partial charge in [-0.3, -0.25) is 0 Å². The average molecular weight is 486 g/mol. The van der Waals surface area contributed by atoms with E-state index < -0.39 is 8.25 Å². The van der Waals surface area contributed by atoms with Gasteiger partial charge in [-0.25, -0.2) is 4.52 Å². The van der Waals surface area contributed by atoms with Crippen molar-refractivity contribution in [1.82, 2.24) is 4.57 Å². The highest BCUT2D eigenvalue weighted by molar-refractivity contribution is 7.32. The lowest BCUT2D eigenvalue weighted by Gasteiger charge is -2.10. The summed E-state index contributed by atoms with van der Waals surface area (Å²) in [6.07, 6.45) is 0.606. The molecule has 0 spiro atoms. The second-order valence-electron chi connectivity index (χ2n) is 8.28. The van der Waals surface area contributed by atoms with E-state index in [1.807, 2.05) is 24.3 Å². The Morgan fingerprint density at radius 2 is 1.34 bits per heavy atom. The molecular weight excluding hydrogens is 461 g/mol. The summed E-state index contributed by atoms with van der Waals surface area (Å²) in [5.41, 5.74) is 5.38. The Kier molecular flexibility index (Phi) is 6.41. The summed E-state index contributed by atoms with van der Waals surface area (Å²) in [6, 6.07) is 28.0. The SMILES string of the molecule is COc1ccc2c(c1)c1cc(OC)ccc1n2Cc1ccc(Cc2ccccc2O[P+](=O)O)cc1. The van der Waals surface area contributed by atoms with Crippen molar-refractivity contribution < 1.29 is 23.5 Å². The molecule has 0 saturated heterocycles. The molecule has 1 N–H and O–H groups in total. The summed E-state index contributed by atoms with van der Waals surface area (Å²) in [5, 5.41) is 2.24. The van der Waals surface area contributed by atoms with E-state index in [-0.39, 0.29) is 0 Å². The first-order valence-electron chi connectivity index (χ1n) is 11.2. The minimum Gasteiger partial charge on any atom is -0.497 e. The lowest BCUT2D eigenvalue weighted by atomic mass is 10.0. The normalized spacial score (nSPS) is 11.6. The molecule has 0 saturated carbocycles. The largest absolute Gasteiger partial charge is 0.747 e. The fourth-order valence-corrected chi connectivity index (χ4v) is 4.82. The van der Waals surface area contributed by atoms with Crippen LogP contribution in [0.5, 0.6) is 17.2 Å². The minimum atomic E-state index is -2.70. The number of hydrogen-bond acceptors (Lipinski definition) is 4. The Morgan fingerprint density at radius 3 is 1.91 bits per heavy atom. The Balaban J connectivity index is 1.46. The molecule has 5 rings (SSSR count). The molecule has 0 aliphatic carbocycles. The van der Waals surface area contributed by atoms with Crippen molar-refractivity contribution in [3.05, 3.63) is 102 Å². The van der Waals surface area contributed by atoms with Crippen molar-refractivity contribution in [3.63, 3.8) is 0 Å². The zero-order valence-corrected chi connectivity index (χ0v) is 20.4. The molecule has 1 aromatic heterocycles. The van der Waals surface area contributed by atoms with Gasteiger partial charge in [-0.15, -0.1) is 4.89 Å². The molecule has 1 atom stereocenters. The number of methoxy groups -OCH3 is 2. The first-order valence-corrected chi connectivity index (χ1v) is 12.3. The van der Waals surface area contributed by atoms with Gasteiger partial charge in [0.15, 0.2) is 5.75 Å². The standard InChI is InChI=1S/C28H24NO5P/c1-32-22-11-13-26-24(16-22)25-17-23(33-2)12-14-27(25)29(26)18-20-9-7-19(8-10-20)15-21-5-3-4-6-28(21)34-35(30)31/h3-14,16-17H,15,18H2,1-2H3/p+1. The van der Waals surface area contributed by atoms with Gasteiger partial charge in [0.1, 0.15) is 11.5 Å². The van der Waals surface area contributed by atoms with E-state index in [0.717, 1.165) is 44.4 Å². The number of benzene rings is 4. The summed E-state index contributed by atoms with van der Waals surface area (Å²) in [4.78, 5) is 9.13. The third-order valence-electron chi connectivity index (χ3n) is 6.19. The van der Waals surface area contributed by atoms with Crippen LogP contribution in [0.4, 0.5) is 0 Å². The van der Waals surface area contributed by atoms with Crippen molar-refractivity contribution in [2.24, 2.45) is 0 Å². The third-order valence-corrected chi connectivity index (χ3v) is 6.54. The number of fused-ring (bicyclic) bond motifs is 3. The van der Waals surface area contributed by atoms with Crippen molar-refractivity contribution in [3.8, 4) is 17.2 Å². The number of rotatable bonds is 8. The van der Waals surface area contributed by atoms with Crippen LogP contribution < -0.4 is 14.0 Å². The Morgan fingerprint density at radius 1 is 0.771 bits per heavy atom. The molecule has 4 aromatic carbocycles. The third kappa shape index (κ3) is 4.72. The molecule has 5 aromatic rings. The van der Waals surface area contributed by atoms with Crippen LogP contribution in [0.25, 0.3) is 21.8 Å². The Hall–Kier alpha value is -3.86. The molecule has 7 heteroatoms. The molecule has 0 aliphatic rings. The monoisotopic (exact) mass is 486 g/mol. The predicted octanol–water partition coefficient (Wildman–Crippen LogP) is 6.48. The molecule has 6 nitrogen and oxygen atoms in total. The molecule has 0 radical (unpaired) electrons. The van der Waals surface area contributed by atoms with Crippen molar-refractivity contribution in [2.75, 3.05) is 14.2 Å². The van der Waals surface area contributed by atoms with Gasteiger partial charge in [-0.2, -0.15) is 0 Å². The van der Waals surface area contributed by atoms with Crippen LogP contribution in [0.3, 0.4) is 0 Å². The van der Waals surface area contributed by atoms with E-state index in [0.29, 0.717) is 18.7 Å². The van der Waals surface area contributed by atoms with Crippen molar-refractivity contribution in [1.29, 1.82) is 0 Å². The van der Waals surface area contributed by atoms with E-state index in [4.69, 9.17) is 18.9 Å². The van der Waals surface area contributed by atoms with Gasteiger partial charge in [0.2, 0.25) is 0 Å². The zero-order valence-electron chi connectivity index (χ0n) is 19.5. The highest BCUT2D eigenvalue weighted by Gasteiger charge is 2.18. The van der Waals surface area contributed by atoms with Gasteiger partial charge in [0, 0.05) is 44.9 Å². The number of ether oxygens (including phenoxy) is 2.